The Labute approximate surface area is 138 Å². The lowest BCUT2D eigenvalue weighted by molar-refractivity contribution is -0.125. The first kappa shape index (κ1) is 18.8. The van der Waals surface area contributed by atoms with E-state index in [4.69, 9.17) is 18.9 Å². The van der Waals surface area contributed by atoms with Crippen molar-refractivity contribution in [1.29, 1.82) is 0 Å². The molecule has 2 heterocycles. The van der Waals surface area contributed by atoms with E-state index < -0.39 is 29.4 Å². The van der Waals surface area contributed by atoms with Crippen molar-refractivity contribution in [1.82, 2.24) is 9.13 Å². The van der Waals surface area contributed by atoms with E-state index in [0.717, 1.165) is 10.8 Å². The van der Waals surface area contributed by atoms with E-state index >= 15 is 0 Å². The molecule has 24 heavy (non-hydrogen) atoms. The second-order valence-corrected chi connectivity index (χ2v) is 5.41. The van der Waals surface area contributed by atoms with Gasteiger partial charge in [0.25, 0.3) is 5.56 Å². The number of hydrogen-bond acceptors (Lipinski definition) is 6. The minimum Gasteiger partial charge on any atom is -0.361 e. The van der Waals surface area contributed by atoms with Crippen LogP contribution in [0.5, 0.6) is 0 Å². The lowest BCUT2D eigenvalue weighted by Gasteiger charge is -2.22. The lowest BCUT2D eigenvalue weighted by Crippen LogP contribution is -2.44. The lowest BCUT2D eigenvalue weighted by atomic mass is 10.2. The van der Waals surface area contributed by atoms with Gasteiger partial charge >= 0.3 is 5.69 Å². The molecule has 1 fully saturated rings. The normalized spacial score (nSPS) is 23.8. The number of hydrogen-bond donors (Lipinski definition) is 0. The van der Waals surface area contributed by atoms with Crippen molar-refractivity contribution in [3.8, 4) is 0 Å². The van der Waals surface area contributed by atoms with Gasteiger partial charge in [-0.1, -0.05) is 0 Å². The van der Waals surface area contributed by atoms with Gasteiger partial charge in [0.1, 0.15) is 19.6 Å². The predicted molar refractivity (Wildman–Crippen MR) is 82.1 cm³/mol. The zero-order valence-corrected chi connectivity index (χ0v) is 14.1. The highest BCUT2D eigenvalue weighted by atomic mass is 19.1. The molecule has 1 aliphatic heterocycles. The first-order valence-corrected chi connectivity index (χ1v) is 7.93. The first-order chi connectivity index (χ1) is 11.5. The quantitative estimate of drug-likeness (QED) is 0.512. The van der Waals surface area contributed by atoms with Gasteiger partial charge in [0.2, 0.25) is 5.82 Å². The van der Waals surface area contributed by atoms with Crippen LogP contribution in [0.1, 0.15) is 33.4 Å². The van der Waals surface area contributed by atoms with Crippen LogP contribution >= 0.6 is 0 Å². The van der Waals surface area contributed by atoms with E-state index in [1.165, 1.54) is 0 Å². The molecule has 136 valence electrons. The number of halogens is 1. The molecule has 0 radical (unpaired) electrons. The average Bonchev–Trinajstić information content (AvgIpc) is 2.92. The van der Waals surface area contributed by atoms with Crippen LogP contribution in [0, 0.1) is 5.82 Å². The van der Waals surface area contributed by atoms with Crippen molar-refractivity contribution in [3.05, 3.63) is 32.9 Å². The van der Waals surface area contributed by atoms with Crippen molar-refractivity contribution < 1.29 is 23.3 Å². The van der Waals surface area contributed by atoms with Crippen LogP contribution in [0.4, 0.5) is 4.39 Å². The van der Waals surface area contributed by atoms with Crippen molar-refractivity contribution >= 4 is 0 Å². The van der Waals surface area contributed by atoms with Gasteiger partial charge in [-0.05, 0) is 20.8 Å². The van der Waals surface area contributed by atoms with Gasteiger partial charge in [-0.25, -0.2) is 9.36 Å². The molecule has 0 bridgehead atoms. The van der Waals surface area contributed by atoms with E-state index in [2.05, 4.69) is 0 Å². The fourth-order valence-electron chi connectivity index (χ4n) is 2.51. The molecule has 0 aliphatic carbocycles. The summed E-state index contributed by atoms with van der Waals surface area (Å²) < 4.78 is 37.2. The molecule has 0 saturated carbocycles. The smallest absolute Gasteiger partial charge is 0.335 e. The van der Waals surface area contributed by atoms with Crippen molar-refractivity contribution in [3.63, 3.8) is 0 Å². The molecule has 0 aromatic carbocycles. The fourth-order valence-corrected chi connectivity index (χ4v) is 2.51. The molecule has 0 N–H and O–H groups in total. The van der Waals surface area contributed by atoms with Crippen LogP contribution in [0.15, 0.2) is 15.8 Å². The third-order valence-corrected chi connectivity index (χ3v) is 3.68. The summed E-state index contributed by atoms with van der Waals surface area (Å²) in [5.74, 6) is -1.05. The van der Waals surface area contributed by atoms with Crippen LogP contribution in [0.25, 0.3) is 0 Å². The molecule has 0 unspecified atom stereocenters. The highest BCUT2D eigenvalue weighted by Crippen LogP contribution is 2.30. The van der Waals surface area contributed by atoms with E-state index in [-0.39, 0.29) is 19.6 Å². The number of ether oxygens (including phenoxy) is 4. The van der Waals surface area contributed by atoms with Crippen molar-refractivity contribution in [2.24, 2.45) is 0 Å². The van der Waals surface area contributed by atoms with Crippen LogP contribution in [0.2, 0.25) is 0 Å². The molecule has 2 rings (SSSR count). The molecule has 1 aromatic heterocycles. The molecule has 0 spiro atoms. The predicted octanol–water partition coefficient (Wildman–Crippen LogP) is 0.830. The monoisotopic (exact) mass is 346 g/mol. The summed E-state index contributed by atoms with van der Waals surface area (Å²) >= 11 is 0. The first-order valence-electron chi connectivity index (χ1n) is 7.93. The number of nitrogens with zero attached hydrogens (tertiary/aromatic N) is 2. The van der Waals surface area contributed by atoms with E-state index in [1.807, 2.05) is 13.8 Å². The minimum absolute atomic E-state index is 0.0452. The minimum atomic E-state index is -1.05. The molecule has 1 saturated heterocycles. The van der Waals surface area contributed by atoms with Gasteiger partial charge < -0.3 is 18.9 Å². The summed E-state index contributed by atoms with van der Waals surface area (Å²) in [7, 11) is 0. The topological polar surface area (TPSA) is 80.9 Å². The molecule has 1 aliphatic rings. The molecule has 9 heteroatoms. The molecule has 1 aromatic rings. The van der Waals surface area contributed by atoms with E-state index in [0.29, 0.717) is 24.2 Å². The Morgan fingerprint density at radius 1 is 1.29 bits per heavy atom. The maximum Gasteiger partial charge on any atom is 0.335 e. The third kappa shape index (κ3) is 4.10. The molecule has 3 atom stereocenters. The molecular weight excluding hydrogens is 323 g/mol. The Balaban J connectivity index is 2.33. The largest absolute Gasteiger partial charge is 0.361 e. The maximum absolute atomic E-state index is 14.0. The van der Waals surface area contributed by atoms with Gasteiger partial charge in [0, 0.05) is 19.6 Å². The Kier molecular flexibility index (Phi) is 6.67. The second kappa shape index (κ2) is 8.52. The van der Waals surface area contributed by atoms with Crippen LogP contribution < -0.4 is 11.2 Å². The highest BCUT2D eigenvalue weighted by Gasteiger charge is 2.36. The SMILES string of the molecule is CCOCO[C@@H]1C[C@@H](C)O[C@H]1n1cc(F)c(=O)n(COCC)c1=O. The molecule has 0 amide bonds. The maximum atomic E-state index is 14.0. The van der Waals surface area contributed by atoms with Crippen LogP contribution in [-0.4, -0.2) is 41.3 Å². The van der Waals surface area contributed by atoms with Crippen LogP contribution in [-0.2, 0) is 25.7 Å². The van der Waals surface area contributed by atoms with E-state index in [9.17, 15) is 14.0 Å². The van der Waals surface area contributed by atoms with Crippen LogP contribution in [0.3, 0.4) is 0 Å². The van der Waals surface area contributed by atoms with Crippen molar-refractivity contribution in [2.45, 2.75) is 52.4 Å². The van der Waals surface area contributed by atoms with Gasteiger partial charge in [0.15, 0.2) is 6.23 Å². The highest BCUT2D eigenvalue weighted by molar-refractivity contribution is 4.93. The standard InChI is InChI=1S/C15H23FN2O6/c1-4-21-8-18-13(19)11(16)7-17(15(18)20)14-12(6-10(3)24-14)23-9-22-5-2/h7,10,12,14H,4-6,8-9H2,1-3H3/t10-,12-,14-/m1/s1. The van der Waals surface area contributed by atoms with Gasteiger partial charge in [0.05, 0.1) is 12.3 Å². The molecule has 8 nitrogen and oxygen atoms in total. The second-order valence-electron chi connectivity index (χ2n) is 5.41. The number of aromatic nitrogens is 2. The Bertz CT molecular complexity index is 658. The average molecular weight is 346 g/mol. The summed E-state index contributed by atoms with van der Waals surface area (Å²) in [5, 5.41) is 0. The van der Waals surface area contributed by atoms with Gasteiger partial charge in [-0.2, -0.15) is 4.39 Å². The summed E-state index contributed by atoms with van der Waals surface area (Å²) in [4.78, 5) is 24.4. The number of rotatable bonds is 8. The Morgan fingerprint density at radius 3 is 2.67 bits per heavy atom. The Hall–Kier alpha value is -1.55. The zero-order chi connectivity index (χ0) is 17.7. The van der Waals surface area contributed by atoms with Gasteiger partial charge in [-0.3, -0.25) is 9.36 Å². The summed E-state index contributed by atoms with van der Waals surface area (Å²) in [6, 6.07) is 0. The Morgan fingerprint density at radius 2 is 2.00 bits per heavy atom. The summed E-state index contributed by atoms with van der Waals surface area (Å²) in [5.41, 5.74) is -1.73. The summed E-state index contributed by atoms with van der Waals surface area (Å²) in [6.07, 6.45) is -0.120. The molecular formula is C15H23FN2O6. The fraction of sp³-hybridized carbons (Fsp3) is 0.733. The van der Waals surface area contributed by atoms with Gasteiger partial charge in [-0.15, -0.1) is 0 Å². The third-order valence-electron chi connectivity index (χ3n) is 3.68. The zero-order valence-electron chi connectivity index (χ0n) is 14.1. The summed E-state index contributed by atoms with van der Waals surface area (Å²) in [6.45, 7) is 5.87. The van der Waals surface area contributed by atoms with Crippen molar-refractivity contribution in [2.75, 3.05) is 20.0 Å². The van der Waals surface area contributed by atoms with E-state index in [1.54, 1.807) is 6.92 Å².